The summed E-state index contributed by atoms with van der Waals surface area (Å²) in [5.41, 5.74) is 2.13. The molecule has 0 saturated heterocycles. The summed E-state index contributed by atoms with van der Waals surface area (Å²) >= 11 is 1.67. The SMILES string of the molecule is Cc1ccsc1C=N[C@@H](C)[C@H](O)c1ccccc1. The topological polar surface area (TPSA) is 32.6 Å². The number of thiophene rings is 1. The van der Waals surface area contributed by atoms with Crippen molar-refractivity contribution in [3.05, 3.63) is 57.8 Å². The number of aliphatic hydroxyl groups is 1. The fourth-order valence-electron chi connectivity index (χ4n) is 1.71. The number of aliphatic imine (C=N–C) groups is 1. The highest BCUT2D eigenvalue weighted by atomic mass is 32.1. The Balaban J connectivity index is 2.06. The molecule has 0 saturated carbocycles. The lowest BCUT2D eigenvalue weighted by Crippen LogP contribution is -2.12. The molecule has 2 nitrogen and oxygen atoms in total. The zero-order valence-corrected chi connectivity index (χ0v) is 11.4. The molecule has 0 spiro atoms. The van der Waals surface area contributed by atoms with Gasteiger partial charge in [0.25, 0.3) is 0 Å². The average Bonchev–Trinajstić information content (AvgIpc) is 2.81. The molecule has 1 heterocycles. The van der Waals surface area contributed by atoms with E-state index < -0.39 is 6.10 Å². The van der Waals surface area contributed by atoms with Gasteiger partial charge in [0.1, 0.15) is 6.10 Å². The second-order valence-electron chi connectivity index (χ2n) is 4.34. The number of nitrogens with zero attached hydrogens (tertiary/aromatic N) is 1. The quantitative estimate of drug-likeness (QED) is 0.836. The first-order valence-electron chi connectivity index (χ1n) is 5.99. The monoisotopic (exact) mass is 259 g/mol. The molecule has 3 heteroatoms. The van der Waals surface area contributed by atoms with Gasteiger partial charge in [-0.15, -0.1) is 11.3 Å². The van der Waals surface area contributed by atoms with Gasteiger partial charge in [-0.05, 0) is 36.4 Å². The first kappa shape index (κ1) is 13.0. The molecule has 2 rings (SSSR count). The van der Waals surface area contributed by atoms with E-state index in [2.05, 4.69) is 23.4 Å². The summed E-state index contributed by atoms with van der Waals surface area (Å²) in [6, 6.07) is 11.6. The molecule has 0 fully saturated rings. The Morgan fingerprint density at radius 1 is 1.22 bits per heavy atom. The van der Waals surface area contributed by atoms with Gasteiger partial charge in [0.05, 0.1) is 6.04 Å². The Labute approximate surface area is 112 Å². The van der Waals surface area contributed by atoms with E-state index in [-0.39, 0.29) is 6.04 Å². The molecule has 0 aliphatic carbocycles. The van der Waals surface area contributed by atoms with E-state index in [0.29, 0.717) is 0 Å². The molecule has 0 unspecified atom stereocenters. The zero-order chi connectivity index (χ0) is 13.0. The molecule has 2 aromatic rings. The van der Waals surface area contributed by atoms with E-state index in [4.69, 9.17) is 0 Å². The number of aliphatic hydroxyl groups excluding tert-OH is 1. The Bertz CT molecular complexity index is 518. The maximum atomic E-state index is 10.2. The second-order valence-corrected chi connectivity index (χ2v) is 5.29. The zero-order valence-electron chi connectivity index (χ0n) is 10.6. The van der Waals surface area contributed by atoms with Gasteiger partial charge in [0, 0.05) is 11.1 Å². The van der Waals surface area contributed by atoms with Crippen LogP contribution in [0.3, 0.4) is 0 Å². The number of aryl methyl sites for hydroxylation is 1. The van der Waals surface area contributed by atoms with E-state index in [1.54, 1.807) is 11.3 Å². The van der Waals surface area contributed by atoms with E-state index in [1.165, 1.54) is 5.56 Å². The normalized spacial score (nSPS) is 14.8. The average molecular weight is 259 g/mol. The Morgan fingerprint density at radius 2 is 1.94 bits per heavy atom. The van der Waals surface area contributed by atoms with Crippen LogP contribution in [-0.4, -0.2) is 17.4 Å². The summed E-state index contributed by atoms with van der Waals surface area (Å²) in [6.07, 6.45) is 1.30. The third kappa shape index (κ3) is 3.06. The molecule has 1 aromatic heterocycles. The van der Waals surface area contributed by atoms with Gasteiger partial charge >= 0.3 is 0 Å². The number of hydrogen-bond donors (Lipinski definition) is 1. The lowest BCUT2D eigenvalue weighted by Gasteiger charge is -2.15. The van der Waals surface area contributed by atoms with Crippen LogP contribution in [0, 0.1) is 6.92 Å². The van der Waals surface area contributed by atoms with E-state index in [1.807, 2.05) is 43.5 Å². The van der Waals surface area contributed by atoms with Crippen molar-refractivity contribution in [2.45, 2.75) is 26.0 Å². The van der Waals surface area contributed by atoms with Crippen LogP contribution in [0.5, 0.6) is 0 Å². The lowest BCUT2D eigenvalue weighted by atomic mass is 10.0. The fourth-order valence-corrected chi connectivity index (χ4v) is 2.51. The molecule has 0 aliphatic rings. The minimum absolute atomic E-state index is 0.145. The van der Waals surface area contributed by atoms with Crippen molar-refractivity contribution in [2.75, 3.05) is 0 Å². The Morgan fingerprint density at radius 3 is 2.56 bits per heavy atom. The third-order valence-electron chi connectivity index (χ3n) is 2.93. The summed E-state index contributed by atoms with van der Waals surface area (Å²) in [6.45, 7) is 3.99. The number of hydrogen-bond acceptors (Lipinski definition) is 3. The van der Waals surface area contributed by atoms with Crippen molar-refractivity contribution in [3.63, 3.8) is 0 Å². The Kier molecular flexibility index (Phi) is 4.28. The molecule has 18 heavy (non-hydrogen) atoms. The van der Waals surface area contributed by atoms with Gasteiger partial charge in [-0.25, -0.2) is 0 Å². The molecular weight excluding hydrogens is 242 g/mol. The van der Waals surface area contributed by atoms with Crippen LogP contribution in [0.4, 0.5) is 0 Å². The minimum Gasteiger partial charge on any atom is -0.386 e. The number of benzene rings is 1. The van der Waals surface area contributed by atoms with Gasteiger partial charge in [0.15, 0.2) is 0 Å². The van der Waals surface area contributed by atoms with E-state index >= 15 is 0 Å². The van der Waals surface area contributed by atoms with Gasteiger partial charge in [-0.2, -0.15) is 0 Å². The lowest BCUT2D eigenvalue weighted by molar-refractivity contribution is 0.154. The standard InChI is InChI=1S/C15H17NOS/c1-11-8-9-18-14(11)10-16-12(2)15(17)13-6-4-3-5-7-13/h3-10,12,15,17H,1-2H3/t12-,15-/m0/s1. The maximum Gasteiger partial charge on any atom is 0.101 e. The molecule has 1 N–H and O–H groups in total. The van der Waals surface area contributed by atoms with Crippen LogP contribution in [-0.2, 0) is 0 Å². The molecule has 0 radical (unpaired) electrons. The van der Waals surface area contributed by atoms with Crippen LogP contribution in [0.2, 0.25) is 0 Å². The first-order valence-corrected chi connectivity index (χ1v) is 6.86. The minimum atomic E-state index is -0.553. The molecule has 0 aliphatic heterocycles. The fraction of sp³-hybridized carbons (Fsp3) is 0.267. The second kappa shape index (κ2) is 5.94. The van der Waals surface area contributed by atoms with Crippen molar-refractivity contribution >= 4 is 17.6 Å². The Hall–Kier alpha value is -1.45. The van der Waals surface area contributed by atoms with Crippen LogP contribution < -0.4 is 0 Å². The van der Waals surface area contributed by atoms with Crippen molar-refractivity contribution in [3.8, 4) is 0 Å². The third-order valence-corrected chi connectivity index (χ3v) is 3.88. The molecule has 1 aromatic carbocycles. The van der Waals surface area contributed by atoms with Gasteiger partial charge in [0.2, 0.25) is 0 Å². The summed E-state index contributed by atoms with van der Waals surface area (Å²) in [7, 11) is 0. The molecule has 2 atom stereocenters. The molecule has 0 bridgehead atoms. The summed E-state index contributed by atoms with van der Waals surface area (Å²) in [5, 5.41) is 12.2. The maximum absolute atomic E-state index is 10.2. The predicted octanol–water partition coefficient (Wildman–Crippen LogP) is 3.60. The highest BCUT2D eigenvalue weighted by Crippen LogP contribution is 2.19. The van der Waals surface area contributed by atoms with E-state index in [9.17, 15) is 5.11 Å². The van der Waals surface area contributed by atoms with Crippen molar-refractivity contribution < 1.29 is 5.11 Å². The van der Waals surface area contributed by atoms with Gasteiger partial charge in [-0.3, -0.25) is 4.99 Å². The largest absolute Gasteiger partial charge is 0.386 e. The number of rotatable bonds is 4. The van der Waals surface area contributed by atoms with Crippen molar-refractivity contribution in [1.29, 1.82) is 0 Å². The molecule has 94 valence electrons. The van der Waals surface area contributed by atoms with Crippen LogP contribution in [0.25, 0.3) is 0 Å². The van der Waals surface area contributed by atoms with E-state index in [0.717, 1.165) is 10.4 Å². The summed E-state index contributed by atoms with van der Waals surface area (Å²) in [4.78, 5) is 5.59. The molecular formula is C15H17NOS. The van der Waals surface area contributed by atoms with Gasteiger partial charge in [-0.1, -0.05) is 30.3 Å². The van der Waals surface area contributed by atoms with Gasteiger partial charge < -0.3 is 5.11 Å². The predicted molar refractivity (Wildman–Crippen MR) is 77.5 cm³/mol. The smallest absolute Gasteiger partial charge is 0.101 e. The van der Waals surface area contributed by atoms with Crippen LogP contribution in [0.15, 0.2) is 46.8 Å². The summed E-state index contributed by atoms with van der Waals surface area (Å²) in [5.74, 6) is 0. The molecule has 0 amide bonds. The van der Waals surface area contributed by atoms with Crippen molar-refractivity contribution in [1.82, 2.24) is 0 Å². The van der Waals surface area contributed by atoms with Crippen LogP contribution >= 0.6 is 11.3 Å². The highest BCUT2D eigenvalue weighted by Gasteiger charge is 2.14. The summed E-state index contributed by atoms with van der Waals surface area (Å²) < 4.78 is 0. The first-order chi connectivity index (χ1) is 8.68. The van der Waals surface area contributed by atoms with Crippen molar-refractivity contribution in [2.24, 2.45) is 4.99 Å². The van der Waals surface area contributed by atoms with Crippen LogP contribution in [0.1, 0.15) is 29.0 Å². The highest BCUT2D eigenvalue weighted by molar-refractivity contribution is 7.11.